The predicted molar refractivity (Wildman–Crippen MR) is 67.0 cm³/mol. The lowest BCUT2D eigenvalue weighted by Gasteiger charge is -2.01. The Hall–Kier alpha value is -1.47. The van der Waals surface area contributed by atoms with E-state index < -0.39 is 4.92 Å². The van der Waals surface area contributed by atoms with Crippen molar-refractivity contribution in [2.75, 3.05) is 0 Å². The maximum atomic E-state index is 10.4. The number of hydrogen-bond acceptors (Lipinski definition) is 5. The normalized spacial score (nSPS) is 10.2. The molecule has 17 heavy (non-hydrogen) atoms. The highest BCUT2D eigenvalue weighted by atomic mass is 79.9. The van der Waals surface area contributed by atoms with Crippen molar-refractivity contribution in [2.24, 2.45) is 0 Å². The molecule has 5 nitrogen and oxygen atoms in total. The van der Waals surface area contributed by atoms with Crippen LogP contribution in [0.3, 0.4) is 0 Å². The van der Waals surface area contributed by atoms with Crippen LogP contribution in [0.15, 0.2) is 51.2 Å². The fourth-order valence-electron chi connectivity index (χ4n) is 1.08. The van der Waals surface area contributed by atoms with Gasteiger partial charge in [-0.05, 0) is 39.8 Å². The van der Waals surface area contributed by atoms with Gasteiger partial charge in [0.15, 0.2) is 5.16 Å². The molecule has 1 heterocycles. The zero-order valence-electron chi connectivity index (χ0n) is 8.41. The summed E-state index contributed by atoms with van der Waals surface area (Å²) in [5, 5.41) is 10.9. The van der Waals surface area contributed by atoms with Crippen molar-refractivity contribution in [2.45, 2.75) is 10.1 Å². The summed E-state index contributed by atoms with van der Waals surface area (Å²) in [4.78, 5) is 18.7. The van der Waals surface area contributed by atoms with Crippen molar-refractivity contribution in [3.05, 3.63) is 51.2 Å². The second-order valence-electron chi connectivity index (χ2n) is 3.01. The number of aromatic nitrogens is 2. The number of nitro groups is 1. The standard InChI is InChI=1S/C10H6BrN3O2S/c11-8-3-1-2-4-9(8)17-10-12-5-7(6-13-10)14(15)16/h1-6H. The minimum atomic E-state index is -0.521. The molecular formula is C10H6BrN3O2S. The molecule has 0 aliphatic carbocycles. The predicted octanol–water partition coefficient (Wildman–Crippen LogP) is 3.30. The summed E-state index contributed by atoms with van der Waals surface area (Å²) in [5.41, 5.74) is -0.110. The summed E-state index contributed by atoms with van der Waals surface area (Å²) in [6, 6.07) is 7.64. The van der Waals surface area contributed by atoms with Crippen LogP contribution in [-0.2, 0) is 0 Å². The summed E-state index contributed by atoms with van der Waals surface area (Å²) >= 11 is 4.75. The van der Waals surface area contributed by atoms with Crippen LogP contribution < -0.4 is 0 Å². The van der Waals surface area contributed by atoms with E-state index in [1.54, 1.807) is 0 Å². The first-order valence-corrected chi connectivity index (χ1v) is 6.16. The lowest BCUT2D eigenvalue weighted by Crippen LogP contribution is -1.92. The fourth-order valence-corrected chi connectivity index (χ4v) is 2.33. The van der Waals surface area contributed by atoms with Gasteiger partial charge in [-0.25, -0.2) is 9.97 Å². The van der Waals surface area contributed by atoms with Gasteiger partial charge in [-0.15, -0.1) is 0 Å². The topological polar surface area (TPSA) is 68.9 Å². The zero-order valence-corrected chi connectivity index (χ0v) is 10.8. The molecule has 0 aliphatic heterocycles. The third kappa shape index (κ3) is 3.01. The van der Waals surface area contributed by atoms with Crippen LogP contribution in [0.4, 0.5) is 5.69 Å². The highest BCUT2D eigenvalue weighted by molar-refractivity contribution is 9.10. The lowest BCUT2D eigenvalue weighted by atomic mass is 10.4. The minimum absolute atomic E-state index is 0.110. The molecule has 86 valence electrons. The van der Waals surface area contributed by atoms with E-state index >= 15 is 0 Å². The van der Waals surface area contributed by atoms with Gasteiger partial charge in [0.25, 0.3) is 0 Å². The van der Waals surface area contributed by atoms with Gasteiger partial charge in [-0.2, -0.15) is 0 Å². The van der Waals surface area contributed by atoms with Gasteiger partial charge in [0.2, 0.25) is 0 Å². The Kier molecular flexibility index (Phi) is 3.70. The van der Waals surface area contributed by atoms with Gasteiger partial charge in [-0.3, -0.25) is 10.1 Å². The van der Waals surface area contributed by atoms with Crippen molar-refractivity contribution < 1.29 is 4.92 Å². The zero-order chi connectivity index (χ0) is 12.3. The van der Waals surface area contributed by atoms with Crippen molar-refractivity contribution in [3.8, 4) is 0 Å². The van der Waals surface area contributed by atoms with E-state index in [1.807, 2.05) is 24.3 Å². The molecule has 0 saturated carbocycles. The summed E-state index contributed by atoms with van der Waals surface area (Å²) in [6.45, 7) is 0. The molecule has 0 spiro atoms. The molecule has 1 aromatic carbocycles. The second kappa shape index (κ2) is 5.24. The lowest BCUT2D eigenvalue weighted by molar-refractivity contribution is -0.385. The van der Waals surface area contributed by atoms with Crippen LogP contribution in [0.25, 0.3) is 0 Å². The van der Waals surface area contributed by atoms with Crippen LogP contribution >= 0.6 is 27.7 Å². The van der Waals surface area contributed by atoms with E-state index in [1.165, 1.54) is 24.2 Å². The van der Waals surface area contributed by atoms with Crippen molar-refractivity contribution in [1.29, 1.82) is 0 Å². The van der Waals surface area contributed by atoms with E-state index in [0.717, 1.165) is 9.37 Å². The monoisotopic (exact) mass is 311 g/mol. The van der Waals surface area contributed by atoms with Gasteiger partial charge < -0.3 is 0 Å². The minimum Gasteiger partial charge on any atom is -0.258 e. The summed E-state index contributed by atoms with van der Waals surface area (Å²) in [5.74, 6) is 0. The molecular weight excluding hydrogens is 306 g/mol. The second-order valence-corrected chi connectivity index (χ2v) is 4.88. The number of halogens is 1. The van der Waals surface area contributed by atoms with Crippen molar-refractivity contribution in [3.63, 3.8) is 0 Å². The first-order valence-electron chi connectivity index (χ1n) is 4.55. The number of rotatable bonds is 3. The summed E-state index contributed by atoms with van der Waals surface area (Å²) in [6.07, 6.45) is 2.40. The van der Waals surface area contributed by atoms with Gasteiger partial charge in [0, 0.05) is 9.37 Å². The van der Waals surface area contributed by atoms with Gasteiger partial charge in [0.05, 0.1) is 4.92 Å². The third-order valence-corrected chi connectivity index (χ3v) is 3.79. The molecule has 0 N–H and O–H groups in total. The van der Waals surface area contributed by atoms with Crippen LogP contribution in [0.5, 0.6) is 0 Å². The molecule has 0 unspecified atom stereocenters. The van der Waals surface area contributed by atoms with E-state index in [2.05, 4.69) is 25.9 Å². The number of nitrogens with zero attached hydrogens (tertiary/aromatic N) is 3. The van der Waals surface area contributed by atoms with E-state index in [9.17, 15) is 10.1 Å². The maximum absolute atomic E-state index is 10.4. The Bertz CT molecular complexity index is 548. The number of benzene rings is 1. The van der Waals surface area contributed by atoms with E-state index in [4.69, 9.17) is 0 Å². The smallest absolute Gasteiger partial charge is 0.258 e. The van der Waals surface area contributed by atoms with E-state index in [0.29, 0.717) is 5.16 Å². The molecule has 2 rings (SSSR count). The van der Waals surface area contributed by atoms with Gasteiger partial charge in [-0.1, -0.05) is 12.1 Å². The molecule has 0 atom stereocenters. The first kappa shape index (κ1) is 12.0. The quantitative estimate of drug-likeness (QED) is 0.494. The molecule has 0 aliphatic rings. The molecule has 0 amide bonds. The molecule has 0 saturated heterocycles. The average molecular weight is 312 g/mol. The van der Waals surface area contributed by atoms with Crippen molar-refractivity contribution >= 4 is 33.4 Å². The molecule has 0 radical (unpaired) electrons. The van der Waals surface area contributed by atoms with Crippen LogP contribution in [0.1, 0.15) is 0 Å². The third-order valence-electron chi connectivity index (χ3n) is 1.86. The largest absolute Gasteiger partial charge is 0.305 e. The van der Waals surface area contributed by atoms with Gasteiger partial charge >= 0.3 is 5.69 Å². The Morgan fingerprint density at radius 2 is 1.88 bits per heavy atom. The Morgan fingerprint density at radius 1 is 1.24 bits per heavy atom. The Morgan fingerprint density at radius 3 is 2.47 bits per heavy atom. The van der Waals surface area contributed by atoms with E-state index in [-0.39, 0.29) is 5.69 Å². The molecule has 0 fully saturated rings. The van der Waals surface area contributed by atoms with Crippen LogP contribution in [-0.4, -0.2) is 14.9 Å². The highest BCUT2D eigenvalue weighted by Crippen LogP contribution is 2.31. The summed E-state index contributed by atoms with van der Waals surface area (Å²) < 4.78 is 0.937. The van der Waals surface area contributed by atoms with Crippen LogP contribution in [0.2, 0.25) is 0 Å². The van der Waals surface area contributed by atoms with Gasteiger partial charge in [0.1, 0.15) is 12.4 Å². The van der Waals surface area contributed by atoms with Crippen molar-refractivity contribution in [1.82, 2.24) is 9.97 Å². The van der Waals surface area contributed by atoms with Crippen LogP contribution in [0, 0.1) is 10.1 Å². The number of hydrogen-bond donors (Lipinski definition) is 0. The first-order chi connectivity index (χ1) is 8.16. The molecule has 2 aromatic rings. The summed E-state index contributed by atoms with van der Waals surface area (Å²) in [7, 11) is 0. The molecule has 0 bridgehead atoms. The SMILES string of the molecule is O=[N+]([O-])c1cnc(Sc2ccccc2Br)nc1. The Balaban J connectivity index is 2.20. The maximum Gasteiger partial charge on any atom is 0.305 e. The molecule has 1 aromatic heterocycles. The average Bonchev–Trinajstić information content (AvgIpc) is 2.33. The highest BCUT2D eigenvalue weighted by Gasteiger charge is 2.08. The Labute approximate surface area is 110 Å². The molecule has 7 heteroatoms. The fraction of sp³-hybridized carbons (Fsp3) is 0.